The molecule has 1 aromatic carbocycles. The summed E-state index contributed by atoms with van der Waals surface area (Å²) in [7, 11) is 0. The van der Waals surface area contributed by atoms with E-state index in [1.54, 1.807) is 0 Å². The van der Waals surface area contributed by atoms with Crippen LogP contribution in [-0.2, 0) is 0 Å². The summed E-state index contributed by atoms with van der Waals surface area (Å²) < 4.78 is 0. The first-order valence-electron chi connectivity index (χ1n) is 6.78. The summed E-state index contributed by atoms with van der Waals surface area (Å²) >= 11 is 6.10. The number of Topliss-reactive ketones (excluding diaryl/α,β-unsaturated/α-hetero) is 1. The van der Waals surface area contributed by atoms with Crippen LogP contribution in [0.3, 0.4) is 0 Å². The molecule has 98 valence electrons. The van der Waals surface area contributed by atoms with Gasteiger partial charge in [0.15, 0.2) is 5.78 Å². The minimum Gasteiger partial charge on any atom is -0.294 e. The van der Waals surface area contributed by atoms with E-state index in [9.17, 15) is 4.79 Å². The van der Waals surface area contributed by atoms with Gasteiger partial charge in [0, 0.05) is 16.5 Å². The zero-order valence-electron chi connectivity index (χ0n) is 11.4. The molecular formula is C16H21ClO. The highest BCUT2D eigenvalue weighted by Crippen LogP contribution is 2.35. The highest BCUT2D eigenvalue weighted by molar-refractivity contribution is 6.31. The first-order valence-corrected chi connectivity index (χ1v) is 7.16. The van der Waals surface area contributed by atoms with Gasteiger partial charge in [0.1, 0.15) is 0 Å². The number of carbonyl (C=O) groups is 1. The van der Waals surface area contributed by atoms with Crippen LogP contribution in [0, 0.1) is 24.7 Å². The Bertz CT molecular complexity index is 442. The van der Waals surface area contributed by atoms with Crippen molar-refractivity contribution in [2.24, 2.45) is 17.8 Å². The molecule has 0 saturated heterocycles. The average Bonchev–Trinajstić information content (AvgIpc) is 2.30. The summed E-state index contributed by atoms with van der Waals surface area (Å²) in [5, 5.41) is 0.692. The van der Waals surface area contributed by atoms with Gasteiger partial charge in [-0.15, -0.1) is 0 Å². The zero-order chi connectivity index (χ0) is 13.3. The van der Waals surface area contributed by atoms with Gasteiger partial charge in [-0.2, -0.15) is 0 Å². The van der Waals surface area contributed by atoms with Crippen molar-refractivity contribution >= 4 is 17.4 Å². The first-order chi connectivity index (χ1) is 8.49. The van der Waals surface area contributed by atoms with Gasteiger partial charge in [-0.1, -0.05) is 37.6 Å². The lowest BCUT2D eigenvalue weighted by molar-refractivity contribution is 0.0835. The number of benzene rings is 1. The van der Waals surface area contributed by atoms with Gasteiger partial charge in [0.25, 0.3) is 0 Å². The summed E-state index contributed by atoms with van der Waals surface area (Å²) in [6.45, 7) is 6.44. The molecule has 18 heavy (non-hydrogen) atoms. The molecule has 1 aliphatic rings. The Kier molecular flexibility index (Phi) is 4.11. The van der Waals surface area contributed by atoms with Crippen molar-refractivity contribution in [2.45, 2.75) is 40.0 Å². The molecule has 1 aliphatic carbocycles. The summed E-state index contributed by atoms with van der Waals surface area (Å²) in [4.78, 5) is 12.6. The van der Waals surface area contributed by atoms with E-state index >= 15 is 0 Å². The highest BCUT2D eigenvalue weighted by Gasteiger charge is 2.30. The van der Waals surface area contributed by atoms with Crippen LogP contribution in [0.25, 0.3) is 0 Å². The van der Waals surface area contributed by atoms with E-state index in [0.29, 0.717) is 16.9 Å². The fraction of sp³-hybridized carbons (Fsp3) is 0.562. The molecule has 2 unspecified atom stereocenters. The predicted molar refractivity (Wildman–Crippen MR) is 76.2 cm³/mol. The van der Waals surface area contributed by atoms with E-state index in [0.717, 1.165) is 24.0 Å². The molecule has 2 rings (SSSR count). The number of halogens is 1. The summed E-state index contributed by atoms with van der Waals surface area (Å²) in [6, 6.07) is 5.63. The minimum absolute atomic E-state index is 0.181. The molecule has 1 fully saturated rings. The molecule has 1 saturated carbocycles. The van der Waals surface area contributed by atoms with Crippen molar-refractivity contribution in [3.63, 3.8) is 0 Å². The maximum atomic E-state index is 12.6. The second-order valence-corrected chi connectivity index (χ2v) is 6.30. The molecule has 0 bridgehead atoms. The second kappa shape index (κ2) is 5.44. The number of carbonyl (C=O) groups excluding carboxylic acids is 1. The van der Waals surface area contributed by atoms with Crippen molar-refractivity contribution < 1.29 is 4.79 Å². The van der Waals surface area contributed by atoms with Gasteiger partial charge in [-0.25, -0.2) is 0 Å². The van der Waals surface area contributed by atoms with Crippen molar-refractivity contribution in [1.82, 2.24) is 0 Å². The van der Waals surface area contributed by atoms with Crippen LogP contribution in [0.1, 0.15) is 49.0 Å². The molecule has 2 atom stereocenters. The van der Waals surface area contributed by atoms with Gasteiger partial charge in [-0.05, 0) is 49.7 Å². The van der Waals surface area contributed by atoms with Crippen molar-refractivity contribution in [3.05, 3.63) is 34.3 Å². The average molecular weight is 265 g/mol. The van der Waals surface area contributed by atoms with E-state index in [2.05, 4.69) is 13.8 Å². The molecule has 0 aliphatic heterocycles. The number of hydrogen-bond donors (Lipinski definition) is 0. The molecule has 2 heteroatoms. The van der Waals surface area contributed by atoms with E-state index in [-0.39, 0.29) is 11.7 Å². The second-order valence-electron chi connectivity index (χ2n) is 5.89. The highest BCUT2D eigenvalue weighted by atomic mass is 35.5. The maximum Gasteiger partial charge on any atom is 0.166 e. The first kappa shape index (κ1) is 13.6. The standard InChI is InChI=1S/C16H21ClO/c1-10-7-11(2)9-13(8-10)16(18)14-5-4-6-15(17)12(14)3/h4-6,10-11,13H,7-9H2,1-3H3. The molecule has 0 amide bonds. The summed E-state index contributed by atoms with van der Waals surface area (Å²) in [5.74, 6) is 1.78. The molecule has 1 nitrogen and oxygen atoms in total. The number of rotatable bonds is 2. The van der Waals surface area contributed by atoms with Crippen LogP contribution in [0.5, 0.6) is 0 Å². The lowest BCUT2D eigenvalue weighted by Crippen LogP contribution is -2.26. The summed E-state index contributed by atoms with van der Waals surface area (Å²) in [5.41, 5.74) is 1.74. The third kappa shape index (κ3) is 2.77. The molecular weight excluding hydrogens is 244 g/mol. The minimum atomic E-state index is 0.181. The largest absolute Gasteiger partial charge is 0.294 e. The monoisotopic (exact) mass is 264 g/mol. The molecule has 0 N–H and O–H groups in total. The van der Waals surface area contributed by atoms with E-state index in [1.165, 1.54) is 6.42 Å². The van der Waals surface area contributed by atoms with Crippen LogP contribution < -0.4 is 0 Å². The Morgan fingerprint density at radius 1 is 1.17 bits per heavy atom. The molecule has 1 aromatic rings. The number of hydrogen-bond acceptors (Lipinski definition) is 1. The molecule has 0 heterocycles. The van der Waals surface area contributed by atoms with Gasteiger partial charge in [-0.3, -0.25) is 4.79 Å². The van der Waals surface area contributed by atoms with Crippen LogP contribution in [0.15, 0.2) is 18.2 Å². The Hall–Kier alpha value is -0.820. The Balaban J connectivity index is 2.23. The Morgan fingerprint density at radius 2 is 1.78 bits per heavy atom. The molecule has 0 aromatic heterocycles. The quantitative estimate of drug-likeness (QED) is 0.694. The SMILES string of the molecule is Cc1c(Cl)cccc1C(=O)C1CC(C)CC(C)C1. The molecule has 0 spiro atoms. The third-order valence-corrected chi connectivity index (χ3v) is 4.49. The van der Waals surface area contributed by atoms with Gasteiger partial charge >= 0.3 is 0 Å². The smallest absolute Gasteiger partial charge is 0.166 e. The normalized spacial score (nSPS) is 28.1. The fourth-order valence-electron chi connectivity index (χ4n) is 3.26. The van der Waals surface area contributed by atoms with Crippen LogP contribution in [0.2, 0.25) is 5.02 Å². The summed E-state index contributed by atoms with van der Waals surface area (Å²) in [6.07, 6.45) is 3.29. The molecule has 0 radical (unpaired) electrons. The van der Waals surface area contributed by atoms with Crippen molar-refractivity contribution in [2.75, 3.05) is 0 Å². The van der Waals surface area contributed by atoms with Crippen molar-refractivity contribution in [1.29, 1.82) is 0 Å². The third-order valence-electron chi connectivity index (χ3n) is 4.08. The Morgan fingerprint density at radius 3 is 2.39 bits per heavy atom. The van der Waals surface area contributed by atoms with E-state index < -0.39 is 0 Å². The number of ketones is 1. The van der Waals surface area contributed by atoms with Crippen LogP contribution in [0.4, 0.5) is 0 Å². The lowest BCUT2D eigenvalue weighted by atomic mass is 9.73. The predicted octanol–water partition coefficient (Wildman–Crippen LogP) is 4.90. The van der Waals surface area contributed by atoms with Crippen molar-refractivity contribution in [3.8, 4) is 0 Å². The fourth-order valence-corrected chi connectivity index (χ4v) is 3.43. The zero-order valence-corrected chi connectivity index (χ0v) is 12.1. The van der Waals surface area contributed by atoms with Gasteiger partial charge in [0.2, 0.25) is 0 Å². The van der Waals surface area contributed by atoms with E-state index in [1.807, 2.05) is 25.1 Å². The van der Waals surface area contributed by atoms with Gasteiger partial charge in [0.05, 0.1) is 0 Å². The maximum absolute atomic E-state index is 12.6. The van der Waals surface area contributed by atoms with Crippen LogP contribution >= 0.6 is 11.6 Å². The topological polar surface area (TPSA) is 17.1 Å². The van der Waals surface area contributed by atoms with Crippen LogP contribution in [-0.4, -0.2) is 5.78 Å². The van der Waals surface area contributed by atoms with Gasteiger partial charge < -0.3 is 0 Å². The lowest BCUT2D eigenvalue weighted by Gasteiger charge is -2.30. The Labute approximate surface area is 115 Å². The van der Waals surface area contributed by atoms with E-state index in [4.69, 9.17) is 11.6 Å².